The Labute approximate surface area is 134 Å². The van der Waals surface area contributed by atoms with Crippen molar-refractivity contribution in [3.63, 3.8) is 0 Å². The highest BCUT2D eigenvalue weighted by Gasteiger charge is 2.30. The van der Waals surface area contributed by atoms with Crippen LogP contribution in [0.3, 0.4) is 0 Å². The third kappa shape index (κ3) is 7.63. The van der Waals surface area contributed by atoms with Crippen molar-refractivity contribution in [3.8, 4) is 0 Å². The van der Waals surface area contributed by atoms with E-state index in [1.807, 2.05) is 19.9 Å². The van der Waals surface area contributed by atoms with Gasteiger partial charge in [-0.05, 0) is 29.7 Å². The van der Waals surface area contributed by atoms with E-state index in [1.54, 1.807) is 23.9 Å². The molecule has 0 radical (unpaired) electrons. The molecule has 3 nitrogen and oxygen atoms in total. The molecule has 0 aliphatic rings. The predicted molar refractivity (Wildman–Crippen MR) is 86.4 cm³/mol. The van der Waals surface area contributed by atoms with Gasteiger partial charge in [-0.3, -0.25) is 9.78 Å². The predicted octanol–water partition coefficient (Wildman–Crippen LogP) is 4.64. The first-order valence-corrected chi connectivity index (χ1v) is 7.35. The fourth-order valence-corrected chi connectivity index (χ4v) is 1.45. The molecule has 0 N–H and O–H groups in total. The number of alkyl halides is 3. The maximum atomic E-state index is 11.7. The molecule has 0 aromatic carbocycles. The topological polar surface area (TPSA) is 34.9 Å². The van der Waals surface area contributed by atoms with E-state index < -0.39 is 11.7 Å². The Morgan fingerprint density at radius 3 is 2.13 bits per heavy atom. The van der Waals surface area contributed by atoms with E-state index in [1.165, 1.54) is 12.3 Å². The normalized spacial score (nSPS) is 10.3. The summed E-state index contributed by atoms with van der Waals surface area (Å²) in [7, 11) is 1.76. The van der Waals surface area contributed by atoms with Crippen LogP contribution in [0.2, 0.25) is 0 Å². The van der Waals surface area contributed by atoms with E-state index >= 15 is 0 Å². The largest absolute Gasteiger partial charge is 0.417 e. The number of hydrogen-bond donors (Lipinski definition) is 0. The van der Waals surface area contributed by atoms with E-state index in [0.717, 1.165) is 17.8 Å². The van der Waals surface area contributed by atoms with Crippen LogP contribution in [0.15, 0.2) is 47.7 Å². The Kier molecular flexibility index (Phi) is 8.92. The summed E-state index contributed by atoms with van der Waals surface area (Å²) >= 11 is 0. The molecule has 0 saturated carbocycles. The molecule has 6 heteroatoms. The summed E-state index contributed by atoms with van der Waals surface area (Å²) in [6, 6.07) is 5.90. The highest BCUT2D eigenvalue weighted by Crippen LogP contribution is 2.27. The molecule has 128 valence electrons. The SMILES string of the molecule is CC.CC(C)c1ccn(C)c(=O)c1.FC(F)(F)c1cccnc1. The Morgan fingerprint density at radius 1 is 1.17 bits per heavy atom. The van der Waals surface area contributed by atoms with Gasteiger partial charge >= 0.3 is 6.18 Å². The van der Waals surface area contributed by atoms with Crippen LogP contribution in [0.4, 0.5) is 13.2 Å². The Morgan fingerprint density at radius 2 is 1.78 bits per heavy atom. The smallest absolute Gasteiger partial charge is 0.319 e. The number of aryl methyl sites for hydroxylation is 1. The molecule has 0 spiro atoms. The monoisotopic (exact) mass is 328 g/mol. The van der Waals surface area contributed by atoms with Crippen molar-refractivity contribution in [2.24, 2.45) is 7.05 Å². The molecular weight excluding hydrogens is 305 g/mol. The highest BCUT2D eigenvalue weighted by atomic mass is 19.4. The average Bonchev–Trinajstić information content (AvgIpc) is 2.52. The Balaban J connectivity index is 0.000000381. The van der Waals surface area contributed by atoms with E-state index in [-0.39, 0.29) is 5.56 Å². The third-order valence-corrected chi connectivity index (χ3v) is 2.78. The van der Waals surface area contributed by atoms with Crippen LogP contribution < -0.4 is 5.56 Å². The van der Waals surface area contributed by atoms with Crippen LogP contribution in [0.5, 0.6) is 0 Å². The zero-order chi connectivity index (χ0) is 18.0. The summed E-state index contributed by atoms with van der Waals surface area (Å²) in [5, 5.41) is 0. The second kappa shape index (κ2) is 9.82. The van der Waals surface area contributed by atoms with Crippen molar-refractivity contribution >= 4 is 0 Å². The summed E-state index contributed by atoms with van der Waals surface area (Å²) < 4.78 is 36.8. The summed E-state index contributed by atoms with van der Waals surface area (Å²) in [5.74, 6) is 0.434. The molecule has 0 atom stereocenters. The lowest BCUT2D eigenvalue weighted by atomic mass is 10.1. The molecule has 0 amide bonds. The minimum Gasteiger partial charge on any atom is -0.319 e. The van der Waals surface area contributed by atoms with Gasteiger partial charge in [-0.15, -0.1) is 0 Å². The van der Waals surface area contributed by atoms with Crippen molar-refractivity contribution in [2.45, 2.75) is 39.8 Å². The lowest BCUT2D eigenvalue weighted by Crippen LogP contribution is -2.15. The molecule has 23 heavy (non-hydrogen) atoms. The van der Waals surface area contributed by atoms with Crippen LogP contribution in [-0.4, -0.2) is 9.55 Å². The van der Waals surface area contributed by atoms with Crippen LogP contribution >= 0.6 is 0 Å². The fraction of sp³-hybridized carbons (Fsp3) is 0.412. The molecular formula is C17H23F3N2O. The number of halogens is 3. The molecule has 2 aromatic rings. The van der Waals surface area contributed by atoms with Gasteiger partial charge in [0.2, 0.25) is 0 Å². The van der Waals surface area contributed by atoms with E-state index in [9.17, 15) is 18.0 Å². The summed E-state index contributed by atoms with van der Waals surface area (Å²) in [5.41, 5.74) is 0.458. The molecule has 0 aliphatic heterocycles. The van der Waals surface area contributed by atoms with Gasteiger partial charge in [0.15, 0.2) is 0 Å². The minimum absolute atomic E-state index is 0.0659. The fourth-order valence-electron chi connectivity index (χ4n) is 1.45. The lowest BCUT2D eigenvalue weighted by molar-refractivity contribution is -0.137. The Bertz CT molecular complexity index is 620. The first kappa shape index (κ1) is 20.9. The summed E-state index contributed by atoms with van der Waals surface area (Å²) in [4.78, 5) is 14.4. The second-order valence-corrected chi connectivity index (χ2v) is 4.80. The number of nitrogens with zero attached hydrogens (tertiary/aromatic N) is 2. The maximum absolute atomic E-state index is 11.7. The molecule has 0 fully saturated rings. The average molecular weight is 328 g/mol. The van der Waals surface area contributed by atoms with Crippen LogP contribution in [0.25, 0.3) is 0 Å². The van der Waals surface area contributed by atoms with Gasteiger partial charge in [0.25, 0.3) is 5.56 Å². The third-order valence-electron chi connectivity index (χ3n) is 2.78. The van der Waals surface area contributed by atoms with Gasteiger partial charge in [0, 0.05) is 31.7 Å². The second-order valence-electron chi connectivity index (χ2n) is 4.80. The lowest BCUT2D eigenvalue weighted by Gasteiger charge is -2.04. The van der Waals surface area contributed by atoms with Crippen molar-refractivity contribution in [1.29, 1.82) is 0 Å². The molecule has 2 rings (SSSR count). The summed E-state index contributed by atoms with van der Waals surface area (Å²) in [6.45, 7) is 8.16. The number of hydrogen-bond acceptors (Lipinski definition) is 2. The highest BCUT2D eigenvalue weighted by molar-refractivity contribution is 5.14. The summed E-state index contributed by atoms with van der Waals surface area (Å²) in [6.07, 6.45) is -0.374. The van der Waals surface area contributed by atoms with E-state index in [4.69, 9.17) is 0 Å². The van der Waals surface area contributed by atoms with Crippen molar-refractivity contribution in [3.05, 3.63) is 64.3 Å². The van der Waals surface area contributed by atoms with Crippen molar-refractivity contribution < 1.29 is 13.2 Å². The molecule has 0 unspecified atom stereocenters. The van der Waals surface area contributed by atoms with Crippen molar-refractivity contribution in [1.82, 2.24) is 9.55 Å². The molecule has 0 aliphatic carbocycles. The Hall–Kier alpha value is -2.11. The van der Waals surface area contributed by atoms with Gasteiger partial charge < -0.3 is 4.57 Å². The zero-order valence-electron chi connectivity index (χ0n) is 14.1. The molecule has 0 saturated heterocycles. The van der Waals surface area contributed by atoms with Gasteiger partial charge in [0.1, 0.15) is 0 Å². The van der Waals surface area contributed by atoms with E-state index in [2.05, 4.69) is 18.8 Å². The van der Waals surface area contributed by atoms with Crippen LogP contribution in [0, 0.1) is 0 Å². The first-order valence-electron chi connectivity index (χ1n) is 7.35. The van der Waals surface area contributed by atoms with E-state index in [0.29, 0.717) is 5.92 Å². The first-order chi connectivity index (χ1) is 10.7. The van der Waals surface area contributed by atoms with Gasteiger partial charge in [0.05, 0.1) is 5.56 Å². The molecule has 0 bridgehead atoms. The number of rotatable bonds is 1. The number of aromatic nitrogens is 2. The van der Waals surface area contributed by atoms with Gasteiger partial charge in [-0.25, -0.2) is 0 Å². The van der Waals surface area contributed by atoms with Gasteiger partial charge in [-0.2, -0.15) is 13.2 Å². The maximum Gasteiger partial charge on any atom is 0.417 e. The molecule has 2 heterocycles. The van der Waals surface area contributed by atoms with Crippen LogP contribution in [-0.2, 0) is 13.2 Å². The van der Waals surface area contributed by atoms with Crippen molar-refractivity contribution in [2.75, 3.05) is 0 Å². The number of pyridine rings is 2. The van der Waals surface area contributed by atoms with Crippen LogP contribution in [0.1, 0.15) is 44.7 Å². The minimum atomic E-state index is -4.27. The quantitative estimate of drug-likeness (QED) is 0.764. The standard InChI is InChI=1S/C9H13NO.C6H4F3N.C2H6/c1-7(2)8-4-5-10(3)9(11)6-8;7-6(8,9)5-2-1-3-10-4-5;1-2/h4-7H,1-3H3;1-4H;1-2H3. The molecule has 2 aromatic heterocycles. The van der Waals surface area contributed by atoms with Gasteiger partial charge in [-0.1, -0.05) is 27.7 Å². The zero-order valence-corrected chi connectivity index (χ0v) is 14.1.